The molecular weight excluding hydrogens is 270 g/mol. The van der Waals surface area contributed by atoms with Crippen LogP contribution in [0.4, 0.5) is 0 Å². The summed E-state index contributed by atoms with van der Waals surface area (Å²) in [5.41, 5.74) is 1.66. The van der Waals surface area contributed by atoms with E-state index in [1.165, 1.54) is 4.90 Å². The Bertz CT molecular complexity index is 534. The summed E-state index contributed by atoms with van der Waals surface area (Å²) in [6.07, 6.45) is 4.81. The van der Waals surface area contributed by atoms with Crippen LogP contribution in [0.25, 0.3) is 0 Å². The Hall–Kier alpha value is -1.85. The topological polar surface area (TPSA) is 75.4 Å². The molecule has 21 heavy (non-hydrogen) atoms. The first-order valence-electron chi connectivity index (χ1n) is 7.49. The van der Waals surface area contributed by atoms with Crippen molar-refractivity contribution in [2.75, 3.05) is 13.6 Å². The van der Waals surface area contributed by atoms with Gasteiger partial charge in [0.05, 0.1) is 23.4 Å². The number of rotatable bonds is 7. The maximum absolute atomic E-state index is 12.6. The molecule has 1 heterocycles. The number of aryl methyl sites for hydroxylation is 1. The van der Waals surface area contributed by atoms with E-state index in [0.717, 1.165) is 31.5 Å². The quantitative estimate of drug-likeness (QED) is 0.834. The molecule has 2 rings (SSSR count). The van der Waals surface area contributed by atoms with Crippen LogP contribution in [-0.4, -0.2) is 45.3 Å². The minimum Gasteiger partial charge on any atom is -0.481 e. The van der Waals surface area contributed by atoms with E-state index in [1.807, 2.05) is 4.68 Å². The highest BCUT2D eigenvalue weighted by atomic mass is 16.4. The van der Waals surface area contributed by atoms with Gasteiger partial charge in [0.1, 0.15) is 0 Å². The lowest BCUT2D eigenvalue weighted by atomic mass is 10.1. The molecule has 1 N–H and O–H groups in total. The largest absolute Gasteiger partial charge is 0.481 e. The van der Waals surface area contributed by atoms with Crippen molar-refractivity contribution < 1.29 is 14.7 Å². The Morgan fingerprint density at radius 2 is 2.19 bits per heavy atom. The molecule has 116 valence electrons. The molecule has 0 bridgehead atoms. The van der Waals surface area contributed by atoms with Gasteiger partial charge in [-0.1, -0.05) is 13.8 Å². The zero-order valence-electron chi connectivity index (χ0n) is 12.9. The summed E-state index contributed by atoms with van der Waals surface area (Å²) in [5, 5.41) is 13.3. The average molecular weight is 293 g/mol. The molecule has 1 atom stereocenters. The maximum atomic E-state index is 12.6. The van der Waals surface area contributed by atoms with E-state index < -0.39 is 11.9 Å². The predicted molar refractivity (Wildman–Crippen MR) is 78.3 cm³/mol. The van der Waals surface area contributed by atoms with E-state index in [9.17, 15) is 9.59 Å². The highest BCUT2D eigenvalue weighted by molar-refractivity contribution is 5.95. The average Bonchev–Trinajstić information content (AvgIpc) is 3.19. The zero-order chi connectivity index (χ0) is 15.6. The van der Waals surface area contributed by atoms with Gasteiger partial charge < -0.3 is 10.0 Å². The fraction of sp³-hybridized carbons (Fsp3) is 0.667. The molecule has 0 radical (unpaired) electrons. The van der Waals surface area contributed by atoms with Crippen molar-refractivity contribution in [2.45, 2.75) is 45.6 Å². The SMILES string of the molecule is CCCn1ncc(C(=O)N(C)CC(C)C(=O)O)c1C1CC1. The van der Waals surface area contributed by atoms with Crippen LogP contribution in [0.2, 0.25) is 0 Å². The van der Waals surface area contributed by atoms with Crippen LogP contribution >= 0.6 is 0 Å². The molecule has 0 aromatic carbocycles. The number of carboxylic acids is 1. The van der Waals surface area contributed by atoms with E-state index in [2.05, 4.69) is 12.0 Å². The normalized spacial score (nSPS) is 15.8. The fourth-order valence-corrected chi connectivity index (χ4v) is 2.51. The summed E-state index contributed by atoms with van der Waals surface area (Å²) in [6, 6.07) is 0. The molecule has 1 fully saturated rings. The number of amides is 1. The van der Waals surface area contributed by atoms with E-state index in [-0.39, 0.29) is 12.5 Å². The summed E-state index contributed by atoms with van der Waals surface area (Å²) in [7, 11) is 1.65. The number of nitrogens with zero attached hydrogens (tertiary/aromatic N) is 3. The standard InChI is InChI=1S/C15H23N3O3/c1-4-7-18-13(11-5-6-11)12(8-16-18)14(19)17(3)9-10(2)15(20)21/h8,10-11H,4-7,9H2,1-3H3,(H,20,21). The lowest BCUT2D eigenvalue weighted by Crippen LogP contribution is -2.34. The lowest BCUT2D eigenvalue weighted by Gasteiger charge is -2.19. The van der Waals surface area contributed by atoms with Crippen LogP contribution in [0.1, 0.15) is 55.1 Å². The van der Waals surface area contributed by atoms with E-state index >= 15 is 0 Å². The molecule has 1 aliphatic rings. The molecular formula is C15H23N3O3. The first kappa shape index (κ1) is 15.5. The van der Waals surface area contributed by atoms with Crippen LogP contribution in [0, 0.1) is 5.92 Å². The van der Waals surface area contributed by atoms with Crippen molar-refractivity contribution >= 4 is 11.9 Å². The van der Waals surface area contributed by atoms with Crippen LogP contribution in [0.15, 0.2) is 6.20 Å². The zero-order valence-corrected chi connectivity index (χ0v) is 12.9. The molecule has 0 spiro atoms. The van der Waals surface area contributed by atoms with Crippen molar-refractivity contribution in [3.05, 3.63) is 17.5 Å². The van der Waals surface area contributed by atoms with E-state index in [1.54, 1.807) is 20.2 Å². The Morgan fingerprint density at radius 3 is 2.71 bits per heavy atom. The van der Waals surface area contributed by atoms with Crippen LogP contribution in [0.3, 0.4) is 0 Å². The summed E-state index contributed by atoms with van der Waals surface area (Å²) < 4.78 is 1.93. The Balaban J connectivity index is 2.17. The minimum absolute atomic E-state index is 0.132. The van der Waals surface area contributed by atoms with Gasteiger partial charge in [-0.05, 0) is 19.3 Å². The predicted octanol–water partition coefficient (Wildman–Crippen LogP) is 1.96. The van der Waals surface area contributed by atoms with Gasteiger partial charge in [0.25, 0.3) is 5.91 Å². The Kier molecular flexibility index (Phi) is 4.65. The summed E-state index contributed by atoms with van der Waals surface area (Å²) in [6.45, 7) is 4.71. The minimum atomic E-state index is -0.890. The van der Waals surface area contributed by atoms with Gasteiger partial charge in [0, 0.05) is 26.1 Å². The summed E-state index contributed by atoms with van der Waals surface area (Å²) in [5.74, 6) is -1.16. The smallest absolute Gasteiger partial charge is 0.308 e. The molecule has 1 saturated carbocycles. The van der Waals surface area contributed by atoms with Crippen LogP contribution < -0.4 is 0 Å². The van der Waals surface area contributed by atoms with Crippen molar-refractivity contribution in [2.24, 2.45) is 5.92 Å². The monoisotopic (exact) mass is 293 g/mol. The molecule has 1 amide bonds. The van der Waals surface area contributed by atoms with Crippen molar-refractivity contribution in [1.82, 2.24) is 14.7 Å². The first-order chi connectivity index (χ1) is 9.95. The molecule has 1 aromatic rings. The number of carbonyl (C=O) groups is 2. The molecule has 1 unspecified atom stereocenters. The Morgan fingerprint density at radius 1 is 1.52 bits per heavy atom. The van der Waals surface area contributed by atoms with Gasteiger partial charge in [-0.25, -0.2) is 0 Å². The third-order valence-corrected chi connectivity index (χ3v) is 3.83. The van der Waals surface area contributed by atoms with Gasteiger partial charge in [-0.2, -0.15) is 5.10 Å². The van der Waals surface area contributed by atoms with Gasteiger partial charge in [-0.3, -0.25) is 14.3 Å². The highest BCUT2D eigenvalue weighted by Crippen LogP contribution is 2.42. The van der Waals surface area contributed by atoms with Crippen LogP contribution in [-0.2, 0) is 11.3 Å². The number of carbonyl (C=O) groups excluding carboxylic acids is 1. The molecule has 6 nitrogen and oxygen atoms in total. The maximum Gasteiger partial charge on any atom is 0.308 e. The van der Waals surface area contributed by atoms with E-state index in [0.29, 0.717) is 11.5 Å². The lowest BCUT2D eigenvalue weighted by molar-refractivity contribution is -0.141. The molecule has 6 heteroatoms. The third kappa shape index (κ3) is 3.43. The number of aromatic nitrogens is 2. The summed E-state index contributed by atoms with van der Waals surface area (Å²) in [4.78, 5) is 25.0. The van der Waals surface area contributed by atoms with Crippen molar-refractivity contribution in [1.29, 1.82) is 0 Å². The van der Waals surface area contributed by atoms with Gasteiger partial charge in [0.2, 0.25) is 0 Å². The molecule has 0 saturated heterocycles. The van der Waals surface area contributed by atoms with Crippen molar-refractivity contribution in [3.63, 3.8) is 0 Å². The summed E-state index contributed by atoms with van der Waals surface area (Å²) >= 11 is 0. The Labute approximate surface area is 124 Å². The molecule has 1 aliphatic carbocycles. The number of hydrogen-bond acceptors (Lipinski definition) is 3. The number of aliphatic carboxylic acids is 1. The molecule has 0 aliphatic heterocycles. The number of hydrogen-bond donors (Lipinski definition) is 1. The van der Waals surface area contributed by atoms with Crippen molar-refractivity contribution in [3.8, 4) is 0 Å². The fourth-order valence-electron chi connectivity index (χ4n) is 2.51. The van der Waals surface area contributed by atoms with Crippen LogP contribution in [0.5, 0.6) is 0 Å². The third-order valence-electron chi connectivity index (χ3n) is 3.83. The second-order valence-corrected chi connectivity index (χ2v) is 5.87. The second-order valence-electron chi connectivity index (χ2n) is 5.87. The first-order valence-corrected chi connectivity index (χ1v) is 7.49. The molecule has 1 aromatic heterocycles. The van der Waals surface area contributed by atoms with Gasteiger partial charge in [-0.15, -0.1) is 0 Å². The second kappa shape index (κ2) is 6.28. The van der Waals surface area contributed by atoms with Gasteiger partial charge >= 0.3 is 5.97 Å². The highest BCUT2D eigenvalue weighted by Gasteiger charge is 2.33. The number of carboxylic acid groups (broad SMARTS) is 1. The van der Waals surface area contributed by atoms with E-state index in [4.69, 9.17) is 5.11 Å². The van der Waals surface area contributed by atoms with Gasteiger partial charge in [0.15, 0.2) is 0 Å².